The van der Waals surface area contributed by atoms with Crippen molar-refractivity contribution in [1.29, 1.82) is 0 Å². The summed E-state index contributed by atoms with van der Waals surface area (Å²) in [4.78, 5) is 0. The third-order valence-corrected chi connectivity index (χ3v) is 5.78. The summed E-state index contributed by atoms with van der Waals surface area (Å²) >= 11 is 0. The summed E-state index contributed by atoms with van der Waals surface area (Å²) in [6.45, 7) is 4.36. The van der Waals surface area contributed by atoms with Gasteiger partial charge in [0.1, 0.15) is 5.75 Å². The van der Waals surface area contributed by atoms with Crippen molar-refractivity contribution in [3.63, 3.8) is 0 Å². The van der Waals surface area contributed by atoms with Gasteiger partial charge < -0.3 is 10.1 Å². The molecule has 112 valence electrons. The summed E-state index contributed by atoms with van der Waals surface area (Å²) in [7, 11) is 2.85. The number of benzene rings is 1. The van der Waals surface area contributed by atoms with Crippen molar-refractivity contribution in [3.05, 3.63) is 29.3 Å². The zero-order chi connectivity index (χ0) is 14.7. The number of hydrogen-bond acceptors (Lipinski definition) is 3. The molecule has 1 aliphatic rings. The second-order valence-electron chi connectivity index (χ2n) is 5.84. The minimum absolute atomic E-state index is 0.174. The maximum absolute atomic E-state index is 12.6. The van der Waals surface area contributed by atoms with Crippen LogP contribution >= 0.6 is 0 Å². The number of hydrogen-bond donors (Lipinski definition) is 1. The largest absolute Gasteiger partial charge is 0.497 e. The Morgan fingerprint density at radius 3 is 2.80 bits per heavy atom. The highest BCUT2D eigenvalue weighted by atomic mass is 32.2. The van der Waals surface area contributed by atoms with Gasteiger partial charge >= 0.3 is 0 Å². The smallest absolute Gasteiger partial charge is 0.119 e. The maximum Gasteiger partial charge on any atom is 0.119 e. The average molecular weight is 295 g/mol. The molecule has 1 aromatic carbocycles. The van der Waals surface area contributed by atoms with Crippen LogP contribution in [0.25, 0.3) is 0 Å². The van der Waals surface area contributed by atoms with E-state index in [9.17, 15) is 4.21 Å². The van der Waals surface area contributed by atoms with Crippen molar-refractivity contribution in [2.24, 2.45) is 5.92 Å². The second kappa shape index (κ2) is 6.72. The monoisotopic (exact) mass is 295 g/mol. The van der Waals surface area contributed by atoms with E-state index < -0.39 is 10.8 Å². The number of fused-ring (bicyclic) bond motifs is 1. The lowest BCUT2D eigenvalue weighted by Gasteiger charge is -2.20. The second-order valence-corrected chi connectivity index (χ2v) is 7.62. The molecule has 1 aliphatic carbocycles. The molecule has 0 heterocycles. The summed E-state index contributed by atoms with van der Waals surface area (Å²) in [5.74, 6) is 2.28. The first-order valence-electron chi connectivity index (χ1n) is 7.28. The maximum atomic E-state index is 12.6. The molecule has 0 aromatic heterocycles. The number of rotatable bonds is 6. The zero-order valence-corrected chi connectivity index (χ0v) is 13.6. The highest BCUT2D eigenvalue weighted by Crippen LogP contribution is 2.36. The van der Waals surface area contributed by atoms with Gasteiger partial charge in [-0.05, 0) is 49.1 Å². The van der Waals surface area contributed by atoms with E-state index in [2.05, 4.69) is 31.3 Å². The van der Waals surface area contributed by atoms with Gasteiger partial charge in [-0.3, -0.25) is 4.21 Å². The van der Waals surface area contributed by atoms with Crippen molar-refractivity contribution in [2.45, 2.75) is 38.0 Å². The summed E-state index contributed by atoms with van der Waals surface area (Å²) in [6.07, 6.45) is 1.93. The minimum atomic E-state index is -0.784. The molecular formula is C16H25NO2S. The van der Waals surface area contributed by atoms with E-state index in [0.29, 0.717) is 5.92 Å². The van der Waals surface area contributed by atoms with Gasteiger partial charge in [-0.1, -0.05) is 19.9 Å². The lowest BCUT2D eigenvalue weighted by Crippen LogP contribution is -2.31. The first-order chi connectivity index (χ1) is 9.56. The van der Waals surface area contributed by atoms with E-state index in [0.717, 1.165) is 24.3 Å². The molecule has 3 atom stereocenters. The molecule has 0 aliphatic heterocycles. The normalized spacial score (nSPS) is 22.9. The molecule has 0 saturated heterocycles. The Bertz CT molecular complexity index is 487. The highest BCUT2D eigenvalue weighted by Gasteiger charge is 2.35. The number of nitrogens with one attached hydrogen (secondary N) is 1. The van der Waals surface area contributed by atoms with Crippen LogP contribution in [0.2, 0.25) is 0 Å². The molecule has 3 unspecified atom stereocenters. The van der Waals surface area contributed by atoms with Gasteiger partial charge in [-0.15, -0.1) is 0 Å². The summed E-state index contributed by atoms with van der Waals surface area (Å²) in [6, 6.07) is 6.35. The zero-order valence-electron chi connectivity index (χ0n) is 12.8. The van der Waals surface area contributed by atoms with E-state index in [-0.39, 0.29) is 11.3 Å². The number of ether oxygens (including phenoxy) is 1. The van der Waals surface area contributed by atoms with Crippen LogP contribution in [0.15, 0.2) is 18.2 Å². The first-order valence-corrected chi connectivity index (χ1v) is 8.66. The summed E-state index contributed by atoms with van der Waals surface area (Å²) in [5.41, 5.74) is 2.54. The predicted molar refractivity (Wildman–Crippen MR) is 84.8 cm³/mol. The molecule has 0 bridgehead atoms. The van der Waals surface area contributed by atoms with Gasteiger partial charge in [-0.2, -0.15) is 0 Å². The molecular weight excluding hydrogens is 270 g/mol. The van der Waals surface area contributed by atoms with Crippen molar-refractivity contribution in [3.8, 4) is 5.75 Å². The minimum Gasteiger partial charge on any atom is -0.497 e. The first kappa shape index (κ1) is 15.5. The van der Waals surface area contributed by atoms with Crippen LogP contribution in [0.5, 0.6) is 5.75 Å². The van der Waals surface area contributed by atoms with E-state index in [1.807, 2.05) is 13.1 Å². The van der Waals surface area contributed by atoms with Crippen LogP contribution < -0.4 is 10.1 Å². The van der Waals surface area contributed by atoms with Crippen molar-refractivity contribution in [1.82, 2.24) is 5.32 Å². The van der Waals surface area contributed by atoms with E-state index in [1.54, 1.807) is 7.11 Å². The highest BCUT2D eigenvalue weighted by molar-refractivity contribution is 7.85. The molecule has 20 heavy (non-hydrogen) atoms. The summed E-state index contributed by atoms with van der Waals surface area (Å²) in [5, 5.41) is 3.52. The molecule has 1 N–H and O–H groups in total. The number of methoxy groups -OCH3 is 1. The average Bonchev–Trinajstić information content (AvgIpc) is 2.81. The Morgan fingerprint density at radius 2 is 2.20 bits per heavy atom. The Balaban J connectivity index is 2.16. The van der Waals surface area contributed by atoms with E-state index >= 15 is 0 Å². The van der Waals surface area contributed by atoms with Gasteiger partial charge in [0.05, 0.1) is 12.4 Å². The summed E-state index contributed by atoms with van der Waals surface area (Å²) < 4.78 is 17.9. The topological polar surface area (TPSA) is 38.3 Å². The Morgan fingerprint density at radius 1 is 1.45 bits per heavy atom. The fourth-order valence-electron chi connectivity index (χ4n) is 2.80. The fourth-order valence-corrected chi connectivity index (χ4v) is 4.76. The van der Waals surface area contributed by atoms with E-state index in [1.165, 1.54) is 11.1 Å². The van der Waals surface area contributed by atoms with Crippen LogP contribution in [0.4, 0.5) is 0 Å². The third kappa shape index (κ3) is 3.23. The van der Waals surface area contributed by atoms with Gasteiger partial charge in [0.2, 0.25) is 0 Å². The molecule has 0 spiro atoms. The van der Waals surface area contributed by atoms with Crippen LogP contribution in [0, 0.1) is 5.92 Å². The fraction of sp³-hybridized carbons (Fsp3) is 0.625. The van der Waals surface area contributed by atoms with Crippen LogP contribution in [0.1, 0.15) is 37.4 Å². The van der Waals surface area contributed by atoms with Crippen LogP contribution in [-0.2, 0) is 17.2 Å². The van der Waals surface area contributed by atoms with Gasteiger partial charge in [-0.25, -0.2) is 0 Å². The van der Waals surface area contributed by atoms with Crippen molar-refractivity contribution >= 4 is 10.8 Å². The predicted octanol–water partition coefficient (Wildman–Crippen LogP) is 2.68. The Kier molecular flexibility index (Phi) is 5.22. The van der Waals surface area contributed by atoms with Crippen LogP contribution in [0.3, 0.4) is 0 Å². The van der Waals surface area contributed by atoms with Gasteiger partial charge in [0.15, 0.2) is 0 Å². The van der Waals surface area contributed by atoms with Crippen molar-refractivity contribution < 1.29 is 8.95 Å². The Labute approximate surface area is 124 Å². The lowest BCUT2D eigenvalue weighted by molar-refractivity contribution is 0.413. The third-order valence-electron chi connectivity index (χ3n) is 4.03. The molecule has 1 aromatic rings. The van der Waals surface area contributed by atoms with Gasteiger partial charge in [0.25, 0.3) is 0 Å². The lowest BCUT2D eigenvalue weighted by atomic mass is 10.1. The van der Waals surface area contributed by atoms with Gasteiger partial charge in [0, 0.05) is 22.6 Å². The standard InChI is InChI=1S/C16H25NO2S/c1-11(2)7-8-20(18)15-9-12-5-6-13(19-4)10-14(12)16(15)17-3/h5-6,10-11,15-17H,7-9H2,1-4H3. The molecule has 0 radical (unpaired) electrons. The van der Waals surface area contributed by atoms with Crippen LogP contribution in [-0.4, -0.2) is 29.4 Å². The molecule has 2 rings (SSSR count). The molecule has 3 nitrogen and oxygen atoms in total. The van der Waals surface area contributed by atoms with E-state index in [4.69, 9.17) is 4.74 Å². The molecule has 0 amide bonds. The SMILES string of the molecule is CNC1c2cc(OC)ccc2CC1S(=O)CCC(C)C. The molecule has 4 heteroatoms. The molecule has 0 fully saturated rings. The quantitative estimate of drug-likeness (QED) is 0.877. The molecule has 0 saturated carbocycles. The Hall–Kier alpha value is -0.870. The van der Waals surface area contributed by atoms with Crippen molar-refractivity contribution in [2.75, 3.05) is 19.9 Å².